The lowest BCUT2D eigenvalue weighted by atomic mass is 10.1. The number of hydrogen-bond acceptors (Lipinski definition) is 5. The number of nitrogens with zero attached hydrogens (tertiary/aromatic N) is 2. The van der Waals surface area contributed by atoms with Gasteiger partial charge in [0, 0.05) is 7.05 Å². The fourth-order valence-corrected chi connectivity index (χ4v) is 1.38. The molecule has 7 nitrogen and oxygen atoms in total. The van der Waals surface area contributed by atoms with Crippen LogP contribution in [-0.2, 0) is 0 Å². The summed E-state index contributed by atoms with van der Waals surface area (Å²) in [6.07, 6.45) is 0. The Balaban J connectivity index is 3.08. The first-order chi connectivity index (χ1) is 8.40. The van der Waals surface area contributed by atoms with Gasteiger partial charge >= 0.3 is 0 Å². The summed E-state index contributed by atoms with van der Waals surface area (Å²) in [5.74, 6) is -1.46. The van der Waals surface area contributed by atoms with Crippen molar-refractivity contribution >= 4 is 11.7 Å². The second-order valence-electron chi connectivity index (χ2n) is 3.79. The second kappa shape index (κ2) is 5.26. The molecule has 0 saturated carbocycles. The second-order valence-corrected chi connectivity index (χ2v) is 3.79. The van der Waals surface area contributed by atoms with E-state index in [1.165, 1.54) is 25.2 Å². The lowest BCUT2D eigenvalue weighted by molar-refractivity contribution is 0.0770. The van der Waals surface area contributed by atoms with Crippen LogP contribution < -0.4 is 5.73 Å². The minimum atomic E-state index is -0.679. The van der Waals surface area contributed by atoms with E-state index < -0.39 is 11.9 Å². The average Bonchev–Trinajstić information content (AvgIpc) is 2.35. The van der Waals surface area contributed by atoms with Crippen LogP contribution in [0.2, 0.25) is 0 Å². The van der Waals surface area contributed by atoms with Crippen molar-refractivity contribution in [1.29, 1.82) is 0 Å². The highest BCUT2D eigenvalue weighted by Gasteiger charge is 2.25. The summed E-state index contributed by atoms with van der Waals surface area (Å²) in [6.45, 7) is 1.55. The molecule has 1 unspecified atom stereocenters. The first kappa shape index (κ1) is 13.6. The molecule has 5 N–H and O–H groups in total. The Bertz CT molecular complexity index is 467. The highest BCUT2D eigenvalue weighted by atomic mass is 16.4. The van der Waals surface area contributed by atoms with Crippen LogP contribution in [-0.4, -0.2) is 45.2 Å². The van der Waals surface area contributed by atoms with E-state index in [0.29, 0.717) is 0 Å². The van der Waals surface area contributed by atoms with Gasteiger partial charge in [-0.05, 0) is 19.1 Å². The summed E-state index contributed by atoms with van der Waals surface area (Å²) in [5.41, 5.74) is 5.17. The zero-order valence-corrected chi connectivity index (χ0v) is 10.0. The normalized spacial score (nSPS) is 13.1. The predicted molar refractivity (Wildman–Crippen MR) is 64.7 cm³/mol. The molecule has 0 bridgehead atoms. The fourth-order valence-electron chi connectivity index (χ4n) is 1.38. The molecule has 1 amide bonds. The molecule has 0 radical (unpaired) electrons. The van der Waals surface area contributed by atoms with Gasteiger partial charge in [0.2, 0.25) is 0 Å². The van der Waals surface area contributed by atoms with Crippen molar-refractivity contribution in [3.05, 3.63) is 23.8 Å². The molecule has 1 aromatic carbocycles. The third-order valence-electron chi connectivity index (χ3n) is 2.68. The first-order valence-electron chi connectivity index (χ1n) is 5.15. The number of carbonyl (C=O) groups is 1. The zero-order valence-electron chi connectivity index (χ0n) is 10.0. The van der Waals surface area contributed by atoms with Gasteiger partial charge in [-0.1, -0.05) is 11.2 Å². The number of nitrogens with two attached hydrogens (primary N) is 1. The number of phenolic OH excluding ortho intramolecular Hbond substituents is 2. The number of benzene rings is 1. The molecular formula is C11H15N3O4. The summed E-state index contributed by atoms with van der Waals surface area (Å²) in [5, 5.41) is 30.5. The fraction of sp³-hybridized carbons (Fsp3) is 0.273. The number of likely N-dealkylation sites (N-methyl/N-ethyl adjacent to an activating group) is 1. The average molecular weight is 253 g/mol. The molecule has 18 heavy (non-hydrogen) atoms. The van der Waals surface area contributed by atoms with Crippen LogP contribution in [0.5, 0.6) is 11.5 Å². The minimum Gasteiger partial charge on any atom is -0.507 e. The lowest BCUT2D eigenvalue weighted by Gasteiger charge is -2.24. The number of aromatic hydroxyl groups is 2. The monoisotopic (exact) mass is 253 g/mol. The quantitative estimate of drug-likeness (QED) is 0.267. The molecule has 0 fully saturated rings. The van der Waals surface area contributed by atoms with E-state index in [-0.39, 0.29) is 22.9 Å². The molecule has 0 heterocycles. The molecule has 0 aliphatic rings. The van der Waals surface area contributed by atoms with Crippen molar-refractivity contribution in [3.8, 4) is 11.5 Å². The van der Waals surface area contributed by atoms with Crippen molar-refractivity contribution in [1.82, 2.24) is 4.90 Å². The van der Waals surface area contributed by atoms with Gasteiger partial charge in [0.1, 0.15) is 17.1 Å². The predicted octanol–water partition coefficient (Wildman–Crippen LogP) is 0.305. The molecule has 0 spiro atoms. The van der Waals surface area contributed by atoms with E-state index >= 15 is 0 Å². The highest BCUT2D eigenvalue weighted by molar-refractivity contribution is 6.01. The Morgan fingerprint density at radius 1 is 1.39 bits per heavy atom. The summed E-state index contributed by atoms with van der Waals surface area (Å²) in [7, 11) is 1.41. The smallest absolute Gasteiger partial charge is 0.261 e. The van der Waals surface area contributed by atoms with E-state index in [0.717, 1.165) is 4.90 Å². The van der Waals surface area contributed by atoms with Gasteiger partial charge in [0.05, 0.1) is 6.04 Å². The Labute approximate surface area is 104 Å². The Kier molecular flexibility index (Phi) is 3.98. The van der Waals surface area contributed by atoms with Crippen LogP contribution in [0.1, 0.15) is 17.3 Å². The Morgan fingerprint density at radius 2 is 1.89 bits per heavy atom. The van der Waals surface area contributed by atoms with Crippen LogP contribution in [0.4, 0.5) is 0 Å². The van der Waals surface area contributed by atoms with Crippen LogP contribution >= 0.6 is 0 Å². The van der Waals surface area contributed by atoms with Crippen molar-refractivity contribution in [2.75, 3.05) is 7.05 Å². The number of amides is 1. The topological polar surface area (TPSA) is 119 Å². The largest absolute Gasteiger partial charge is 0.507 e. The molecule has 0 aliphatic heterocycles. The number of phenols is 2. The number of carbonyl (C=O) groups excluding carboxylic acids is 1. The molecule has 7 heteroatoms. The van der Waals surface area contributed by atoms with Crippen LogP contribution in [0.3, 0.4) is 0 Å². The maximum absolute atomic E-state index is 12.1. The number of hydrogen-bond donors (Lipinski definition) is 4. The van der Waals surface area contributed by atoms with Crippen LogP contribution in [0.15, 0.2) is 23.4 Å². The minimum absolute atomic E-state index is 0.152. The third kappa shape index (κ3) is 2.45. The van der Waals surface area contributed by atoms with Crippen LogP contribution in [0, 0.1) is 0 Å². The molecule has 0 saturated heterocycles. The van der Waals surface area contributed by atoms with E-state index in [1.807, 2.05) is 0 Å². The molecule has 1 rings (SSSR count). The maximum Gasteiger partial charge on any atom is 0.261 e. The van der Waals surface area contributed by atoms with Gasteiger partial charge in [0.25, 0.3) is 5.91 Å². The zero-order chi connectivity index (χ0) is 13.9. The summed E-state index contributed by atoms with van der Waals surface area (Å²) >= 11 is 0. The molecule has 0 aromatic heterocycles. The molecule has 1 aromatic rings. The van der Waals surface area contributed by atoms with Gasteiger partial charge in [-0.15, -0.1) is 0 Å². The van der Waals surface area contributed by atoms with Gasteiger partial charge < -0.3 is 26.1 Å². The number of oxime groups is 1. The molecule has 1 atom stereocenters. The lowest BCUT2D eigenvalue weighted by Crippen LogP contribution is -2.43. The van der Waals surface area contributed by atoms with Gasteiger partial charge in [-0.3, -0.25) is 4.79 Å². The van der Waals surface area contributed by atoms with E-state index in [4.69, 9.17) is 10.9 Å². The Hall–Kier alpha value is -2.44. The van der Waals surface area contributed by atoms with Crippen molar-refractivity contribution < 1.29 is 20.2 Å². The molecular weight excluding hydrogens is 238 g/mol. The summed E-state index contributed by atoms with van der Waals surface area (Å²) in [4.78, 5) is 13.2. The van der Waals surface area contributed by atoms with Gasteiger partial charge in [0.15, 0.2) is 5.84 Å². The van der Waals surface area contributed by atoms with E-state index in [1.54, 1.807) is 6.92 Å². The van der Waals surface area contributed by atoms with E-state index in [9.17, 15) is 15.0 Å². The molecule has 0 aliphatic carbocycles. The van der Waals surface area contributed by atoms with E-state index in [2.05, 4.69) is 5.16 Å². The first-order valence-corrected chi connectivity index (χ1v) is 5.15. The maximum atomic E-state index is 12.1. The summed E-state index contributed by atoms with van der Waals surface area (Å²) in [6, 6.07) is 3.31. The molecule has 98 valence electrons. The summed E-state index contributed by atoms with van der Waals surface area (Å²) < 4.78 is 0. The standard InChI is InChI=1S/C11H15N3O4/c1-6(10(12)13-18)14(2)11(17)9-7(15)4-3-5-8(9)16/h3-6,15-16,18H,1-2H3,(H2,12,13). The van der Waals surface area contributed by atoms with Gasteiger partial charge in [-0.25, -0.2) is 0 Å². The highest BCUT2D eigenvalue weighted by Crippen LogP contribution is 2.27. The van der Waals surface area contributed by atoms with Crippen molar-refractivity contribution in [3.63, 3.8) is 0 Å². The van der Waals surface area contributed by atoms with Crippen molar-refractivity contribution in [2.45, 2.75) is 13.0 Å². The number of amidine groups is 1. The SMILES string of the molecule is CC(/C(N)=N/O)N(C)C(=O)c1c(O)cccc1O. The third-order valence-corrected chi connectivity index (χ3v) is 2.68. The van der Waals surface area contributed by atoms with Gasteiger partial charge in [-0.2, -0.15) is 0 Å². The van der Waals surface area contributed by atoms with Crippen molar-refractivity contribution in [2.24, 2.45) is 10.9 Å². The Morgan fingerprint density at radius 3 is 2.33 bits per heavy atom. The number of rotatable bonds is 3. The van der Waals surface area contributed by atoms with Crippen LogP contribution in [0.25, 0.3) is 0 Å².